The Balaban J connectivity index is 1.18. The van der Waals surface area contributed by atoms with Crippen LogP contribution in [0.3, 0.4) is 0 Å². The Morgan fingerprint density at radius 1 is 1.07 bits per heavy atom. The molecule has 9 heteroatoms. The van der Waals surface area contributed by atoms with Crippen LogP contribution in [0, 0.1) is 11.8 Å². The SMILES string of the molecule is COc1cc(C(=O)N2C[C@H]3CC[C@@H]2[C@@H]3N)cc2nc(-c3cc4cccc(-c5ccc6c(c5)CC(=O)N6)c4n3CC3CC3)n(C)c12. The van der Waals surface area contributed by atoms with Gasteiger partial charge in [0.05, 0.1) is 30.3 Å². The summed E-state index contributed by atoms with van der Waals surface area (Å²) in [5.41, 5.74) is 15.0. The van der Waals surface area contributed by atoms with E-state index in [0.717, 1.165) is 76.2 Å². The fourth-order valence-corrected chi connectivity index (χ4v) is 8.15. The minimum atomic E-state index is 0.00351. The third-order valence-electron chi connectivity index (χ3n) is 10.6. The number of benzene rings is 3. The maximum Gasteiger partial charge on any atom is 0.254 e. The summed E-state index contributed by atoms with van der Waals surface area (Å²) in [5.74, 6) is 2.53. The standard InChI is InChI=1S/C36H36N6O3/c1-40-34-27(13-24(15-30(34)45-2)36(44)42-18-22-9-11-28(42)32(22)37)39-35(40)29-14-21-4-3-5-25(33(21)41(29)17-19-6-7-19)20-8-10-26-23(12-20)16-31(43)38-26/h3-5,8,10,12-15,19,22,28,32H,6-7,9,11,16-18,37H2,1-2H3,(H,38,43)/t22-,28-,32-/m1/s1. The van der Waals surface area contributed by atoms with Crippen molar-refractivity contribution in [3.63, 3.8) is 0 Å². The number of para-hydroxylation sites is 1. The molecule has 4 heterocycles. The van der Waals surface area contributed by atoms with Gasteiger partial charge in [-0.15, -0.1) is 0 Å². The average molecular weight is 601 g/mol. The second-order valence-electron chi connectivity index (χ2n) is 13.4. The second kappa shape index (κ2) is 9.68. The minimum Gasteiger partial charge on any atom is -0.494 e. The van der Waals surface area contributed by atoms with E-state index >= 15 is 0 Å². The molecule has 9 rings (SSSR count). The van der Waals surface area contributed by atoms with Gasteiger partial charge in [0.15, 0.2) is 5.82 Å². The molecule has 2 amide bonds. The molecule has 2 aromatic heterocycles. The average Bonchev–Trinajstić information content (AvgIpc) is 3.27. The van der Waals surface area contributed by atoms with E-state index in [4.69, 9.17) is 15.5 Å². The Morgan fingerprint density at radius 3 is 2.69 bits per heavy atom. The summed E-state index contributed by atoms with van der Waals surface area (Å²) in [4.78, 5) is 33.0. The molecular formula is C36H36N6O3. The van der Waals surface area contributed by atoms with E-state index in [9.17, 15) is 9.59 Å². The van der Waals surface area contributed by atoms with Crippen LogP contribution >= 0.6 is 0 Å². The van der Waals surface area contributed by atoms with Gasteiger partial charge in [0.2, 0.25) is 5.91 Å². The largest absolute Gasteiger partial charge is 0.494 e. The Morgan fingerprint density at radius 2 is 1.93 bits per heavy atom. The smallest absolute Gasteiger partial charge is 0.254 e. The van der Waals surface area contributed by atoms with E-state index < -0.39 is 0 Å². The molecule has 4 aliphatic rings. The predicted molar refractivity (Wildman–Crippen MR) is 174 cm³/mol. The third kappa shape index (κ3) is 4.06. The number of anilines is 1. The summed E-state index contributed by atoms with van der Waals surface area (Å²) >= 11 is 0. The number of piperidine rings is 1. The monoisotopic (exact) mass is 600 g/mol. The number of aromatic nitrogens is 3. The van der Waals surface area contributed by atoms with Crippen LogP contribution in [-0.4, -0.2) is 56.6 Å². The van der Waals surface area contributed by atoms with Gasteiger partial charge in [-0.2, -0.15) is 0 Å². The second-order valence-corrected chi connectivity index (χ2v) is 13.4. The molecule has 2 aliphatic carbocycles. The molecule has 3 aromatic carbocycles. The molecule has 5 aromatic rings. The van der Waals surface area contributed by atoms with Crippen LogP contribution in [0.2, 0.25) is 0 Å². The molecule has 0 spiro atoms. The summed E-state index contributed by atoms with van der Waals surface area (Å²) in [5, 5.41) is 4.10. The van der Waals surface area contributed by atoms with Crippen LogP contribution < -0.4 is 15.8 Å². The first-order chi connectivity index (χ1) is 21.9. The van der Waals surface area contributed by atoms with Crippen molar-refractivity contribution in [2.24, 2.45) is 24.6 Å². The lowest BCUT2D eigenvalue weighted by molar-refractivity contribution is -0.115. The normalized spacial score (nSPS) is 22.1. The van der Waals surface area contributed by atoms with Crippen molar-refractivity contribution >= 4 is 39.4 Å². The molecule has 228 valence electrons. The highest BCUT2D eigenvalue weighted by molar-refractivity contribution is 6.03. The van der Waals surface area contributed by atoms with Gasteiger partial charge in [0.25, 0.3) is 5.91 Å². The maximum absolute atomic E-state index is 13.8. The van der Waals surface area contributed by atoms with Crippen molar-refractivity contribution in [3.8, 4) is 28.4 Å². The number of imidazole rings is 1. The van der Waals surface area contributed by atoms with E-state index in [2.05, 4.69) is 50.8 Å². The van der Waals surface area contributed by atoms with Crippen molar-refractivity contribution in [2.45, 2.75) is 50.7 Å². The van der Waals surface area contributed by atoms with Gasteiger partial charge >= 0.3 is 0 Å². The van der Waals surface area contributed by atoms with Gasteiger partial charge in [0, 0.05) is 54.4 Å². The first kappa shape index (κ1) is 26.7. The van der Waals surface area contributed by atoms with E-state index in [1.165, 1.54) is 18.4 Å². The van der Waals surface area contributed by atoms with Crippen LogP contribution in [0.4, 0.5) is 5.69 Å². The molecule has 9 nitrogen and oxygen atoms in total. The lowest BCUT2D eigenvalue weighted by Crippen LogP contribution is -2.41. The summed E-state index contributed by atoms with van der Waals surface area (Å²) < 4.78 is 10.4. The van der Waals surface area contributed by atoms with Gasteiger partial charge in [-0.05, 0) is 79.0 Å². The number of likely N-dealkylation sites (tertiary alicyclic amines) is 1. The van der Waals surface area contributed by atoms with Crippen molar-refractivity contribution in [1.82, 2.24) is 19.0 Å². The highest BCUT2D eigenvalue weighted by atomic mass is 16.5. The molecule has 0 radical (unpaired) electrons. The van der Waals surface area contributed by atoms with Gasteiger partial charge in [-0.25, -0.2) is 4.98 Å². The molecule has 3 fully saturated rings. The van der Waals surface area contributed by atoms with E-state index in [0.29, 0.717) is 29.6 Å². The van der Waals surface area contributed by atoms with Gasteiger partial charge < -0.3 is 29.8 Å². The number of amides is 2. The molecule has 3 N–H and O–H groups in total. The number of rotatable bonds is 6. The number of aryl methyl sites for hydroxylation is 1. The number of fused-ring (bicyclic) bond motifs is 5. The van der Waals surface area contributed by atoms with Gasteiger partial charge in [0.1, 0.15) is 11.3 Å². The van der Waals surface area contributed by atoms with E-state index in [-0.39, 0.29) is 23.9 Å². The zero-order valence-electron chi connectivity index (χ0n) is 25.5. The van der Waals surface area contributed by atoms with Crippen LogP contribution in [0.5, 0.6) is 5.75 Å². The van der Waals surface area contributed by atoms with Crippen molar-refractivity contribution in [1.29, 1.82) is 0 Å². The van der Waals surface area contributed by atoms with Crippen molar-refractivity contribution in [2.75, 3.05) is 19.0 Å². The molecular weight excluding hydrogens is 564 g/mol. The first-order valence-electron chi connectivity index (χ1n) is 16.0. The zero-order valence-corrected chi connectivity index (χ0v) is 25.5. The van der Waals surface area contributed by atoms with Crippen LogP contribution in [0.25, 0.3) is 44.6 Å². The maximum atomic E-state index is 13.8. The summed E-state index contributed by atoms with van der Waals surface area (Å²) in [6, 6.07) is 18.9. The van der Waals surface area contributed by atoms with E-state index in [1.807, 2.05) is 30.1 Å². The third-order valence-corrected chi connectivity index (χ3v) is 10.6. The highest BCUT2D eigenvalue weighted by Gasteiger charge is 2.47. The van der Waals surface area contributed by atoms with Crippen LogP contribution in [0.15, 0.2) is 54.6 Å². The number of nitrogens with zero attached hydrogens (tertiary/aromatic N) is 4. The number of hydrogen-bond acceptors (Lipinski definition) is 5. The molecule has 3 atom stereocenters. The lowest BCUT2D eigenvalue weighted by Gasteiger charge is -2.27. The molecule has 2 bridgehead atoms. The molecule has 2 saturated carbocycles. The summed E-state index contributed by atoms with van der Waals surface area (Å²) in [6.45, 7) is 1.63. The predicted octanol–water partition coefficient (Wildman–Crippen LogP) is 5.34. The van der Waals surface area contributed by atoms with E-state index in [1.54, 1.807) is 7.11 Å². The molecule has 1 saturated heterocycles. The minimum absolute atomic E-state index is 0.00351. The Kier molecular flexibility index (Phi) is 5.75. The summed E-state index contributed by atoms with van der Waals surface area (Å²) in [6.07, 6.45) is 4.92. The van der Waals surface area contributed by atoms with Gasteiger partial charge in [-0.3, -0.25) is 9.59 Å². The number of nitrogens with one attached hydrogen (secondary N) is 1. The van der Waals surface area contributed by atoms with Crippen molar-refractivity contribution in [3.05, 3.63) is 65.7 Å². The first-order valence-corrected chi connectivity index (χ1v) is 16.0. The molecule has 0 unspecified atom stereocenters. The Labute approximate surface area is 261 Å². The number of carbonyl (C=O) groups excluding carboxylic acids is 2. The number of nitrogens with two attached hydrogens (primary N) is 1. The van der Waals surface area contributed by atoms with Crippen LogP contribution in [0.1, 0.15) is 41.6 Å². The fraction of sp³-hybridized carbons (Fsp3) is 0.361. The number of carbonyl (C=O) groups is 2. The lowest BCUT2D eigenvalue weighted by atomic mass is 9.99. The zero-order chi connectivity index (χ0) is 30.6. The van der Waals surface area contributed by atoms with Gasteiger partial charge in [-0.1, -0.05) is 24.3 Å². The van der Waals surface area contributed by atoms with Crippen LogP contribution in [-0.2, 0) is 24.8 Å². The highest BCUT2D eigenvalue weighted by Crippen LogP contribution is 2.42. The Bertz CT molecular complexity index is 2070. The van der Waals surface area contributed by atoms with Crippen molar-refractivity contribution < 1.29 is 14.3 Å². The molecule has 2 aliphatic heterocycles. The quantitative estimate of drug-likeness (QED) is 0.274. The fourth-order valence-electron chi connectivity index (χ4n) is 8.15. The molecule has 45 heavy (non-hydrogen) atoms. The summed E-state index contributed by atoms with van der Waals surface area (Å²) in [7, 11) is 3.68. The number of methoxy groups -OCH3 is 1. The number of ether oxygens (including phenoxy) is 1. The topological polar surface area (TPSA) is 107 Å². The Hall–Kier alpha value is -4.63. The number of hydrogen-bond donors (Lipinski definition) is 2.